The van der Waals surface area contributed by atoms with Gasteiger partial charge in [0, 0.05) is 36.2 Å². The van der Waals surface area contributed by atoms with Gasteiger partial charge in [-0.15, -0.1) is 11.3 Å². The minimum atomic E-state index is -0.0164. The summed E-state index contributed by atoms with van der Waals surface area (Å²) in [4.78, 5) is 0. The molecule has 0 bridgehead atoms. The molecule has 6 rings (SSSR count). The normalized spacial score (nSPS) is 14.3. The minimum absolute atomic E-state index is 0.0164. The molecule has 140 valence electrons. The quantitative estimate of drug-likeness (QED) is 0.259. The van der Waals surface area contributed by atoms with Gasteiger partial charge in [-0.1, -0.05) is 80.0 Å². The summed E-state index contributed by atoms with van der Waals surface area (Å²) in [5.74, 6) is 0. The molecule has 0 aliphatic heterocycles. The zero-order chi connectivity index (χ0) is 19.8. The second-order valence-electron chi connectivity index (χ2n) is 8.33. The molecule has 1 aliphatic rings. The Bertz CT molecular complexity index is 1420. The highest BCUT2D eigenvalue weighted by Gasteiger charge is 2.37. The van der Waals surface area contributed by atoms with Crippen LogP contribution in [0.2, 0.25) is 5.02 Å². The van der Waals surface area contributed by atoms with Gasteiger partial charge in [-0.3, -0.25) is 0 Å². The maximum absolute atomic E-state index is 6.19. The molecule has 0 amide bonds. The van der Waals surface area contributed by atoms with Crippen LogP contribution in [0, 0.1) is 0 Å². The van der Waals surface area contributed by atoms with Crippen molar-refractivity contribution in [1.29, 1.82) is 0 Å². The molecule has 0 fully saturated rings. The van der Waals surface area contributed by atoms with Crippen LogP contribution in [0.1, 0.15) is 25.0 Å². The van der Waals surface area contributed by atoms with Gasteiger partial charge in [-0.05, 0) is 52.1 Å². The number of benzene rings is 4. The molecule has 1 aliphatic carbocycles. The lowest BCUT2D eigenvalue weighted by Gasteiger charge is -2.22. The minimum Gasteiger partial charge on any atom is -0.134 e. The average Bonchev–Trinajstić information content (AvgIpc) is 3.22. The molecule has 1 heterocycles. The summed E-state index contributed by atoms with van der Waals surface area (Å²) in [7, 11) is 0. The fourth-order valence-corrected chi connectivity index (χ4v) is 6.33. The zero-order valence-electron chi connectivity index (χ0n) is 16.3. The third-order valence-electron chi connectivity index (χ3n) is 6.35. The molecule has 4 aromatic carbocycles. The van der Waals surface area contributed by atoms with Gasteiger partial charge in [-0.2, -0.15) is 0 Å². The predicted octanol–water partition coefficient (Wildman–Crippen LogP) is 8.68. The topological polar surface area (TPSA) is 0 Å². The summed E-state index contributed by atoms with van der Waals surface area (Å²) in [6.07, 6.45) is 0. The molecular weight excluding hydrogens is 392 g/mol. The number of halogens is 1. The van der Waals surface area contributed by atoms with Gasteiger partial charge in [0.2, 0.25) is 0 Å². The summed E-state index contributed by atoms with van der Waals surface area (Å²) < 4.78 is 2.74. The van der Waals surface area contributed by atoms with Crippen LogP contribution >= 0.6 is 22.9 Å². The van der Waals surface area contributed by atoms with Gasteiger partial charge in [0.15, 0.2) is 0 Å². The largest absolute Gasteiger partial charge is 0.134 e. The first-order chi connectivity index (χ1) is 14.1. The molecule has 0 spiro atoms. The van der Waals surface area contributed by atoms with Crippen LogP contribution in [0.25, 0.3) is 42.4 Å². The van der Waals surface area contributed by atoms with Crippen LogP contribution < -0.4 is 0 Å². The Hall–Kier alpha value is -2.61. The van der Waals surface area contributed by atoms with Crippen molar-refractivity contribution in [1.82, 2.24) is 0 Å². The second kappa shape index (κ2) is 5.95. The van der Waals surface area contributed by atoms with Gasteiger partial charge in [0.1, 0.15) is 0 Å². The molecule has 5 aromatic rings. The first-order valence-corrected chi connectivity index (χ1v) is 11.1. The standard InChI is InChI=1S/C27H19ClS/c1-27(2)21-9-5-3-7-18(21)25-22(27)15-20(16-11-13-17(28)14-12-16)24-19-8-4-6-10-23(19)29-26(24)25/h3-15H,1-2H3. The summed E-state index contributed by atoms with van der Waals surface area (Å²) in [6.45, 7) is 4.70. The van der Waals surface area contributed by atoms with Crippen molar-refractivity contribution in [3.05, 3.63) is 95.0 Å². The average molecular weight is 411 g/mol. The van der Waals surface area contributed by atoms with Gasteiger partial charge in [0.25, 0.3) is 0 Å². The van der Waals surface area contributed by atoms with Gasteiger partial charge >= 0.3 is 0 Å². The lowest BCUT2D eigenvalue weighted by Crippen LogP contribution is -2.14. The van der Waals surface area contributed by atoms with Crippen molar-refractivity contribution in [3.63, 3.8) is 0 Å². The van der Waals surface area contributed by atoms with Crippen LogP contribution in [-0.2, 0) is 5.41 Å². The number of rotatable bonds is 1. The number of thiophene rings is 1. The molecule has 0 atom stereocenters. The zero-order valence-corrected chi connectivity index (χ0v) is 17.9. The van der Waals surface area contributed by atoms with E-state index < -0.39 is 0 Å². The molecule has 0 N–H and O–H groups in total. The molecule has 0 unspecified atom stereocenters. The maximum Gasteiger partial charge on any atom is 0.0443 e. The van der Waals surface area contributed by atoms with Crippen LogP contribution in [0.3, 0.4) is 0 Å². The van der Waals surface area contributed by atoms with Crippen molar-refractivity contribution in [2.24, 2.45) is 0 Å². The molecule has 1 aromatic heterocycles. The Labute approximate surface area is 179 Å². The first kappa shape index (κ1) is 17.3. The van der Waals surface area contributed by atoms with E-state index in [0.717, 1.165) is 5.02 Å². The van der Waals surface area contributed by atoms with Crippen LogP contribution in [0.4, 0.5) is 0 Å². The molecule has 29 heavy (non-hydrogen) atoms. The number of hydrogen-bond donors (Lipinski definition) is 0. The smallest absolute Gasteiger partial charge is 0.0443 e. The molecular formula is C27H19ClS. The first-order valence-electron chi connectivity index (χ1n) is 9.90. The van der Waals surface area contributed by atoms with E-state index in [9.17, 15) is 0 Å². The Kier molecular flexibility index (Phi) is 3.54. The van der Waals surface area contributed by atoms with Crippen LogP contribution in [-0.4, -0.2) is 0 Å². The number of hydrogen-bond acceptors (Lipinski definition) is 1. The second-order valence-corrected chi connectivity index (χ2v) is 9.82. The highest BCUT2D eigenvalue weighted by molar-refractivity contribution is 7.26. The lowest BCUT2D eigenvalue weighted by atomic mass is 9.81. The maximum atomic E-state index is 6.19. The van der Waals surface area contributed by atoms with E-state index in [1.807, 2.05) is 23.5 Å². The van der Waals surface area contributed by atoms with Crippen molar-refractivity contribution >= 4 is 43.1 Å². The Morgan fingerprint density at radius 2 is 1.48 bits per heavy atom. The molecule has 2 heteroatoms. The van der Waals surface area contributed by atoms with Gasteiger partial charge in [-0.25, -0.2) is 0 Å². The number of fused-ring (bicyclic) bond motifs is 7. The summed E-state index contributed by atoms with van der Waals surface area (Å²) in [5, 5.41) is 3.47. The highest BCUT2D eigenvalue weighted by atomic mass is 35.5. The summed E-state index contributed by atoms with van der Waals surface area (Å²) in [5.41, 5.74) is 8.14. The van der Waals surface area contributed by atoms with Crippen molar-refractivity contribution in [3.8, 4) is 22.3 Å². The molecule has 0 saturated carbocycles. The predicted molar refractivity (Wildman–Crippen MR) is 127 cm³/mol. The lowest BCUT2D eigenvalue weighted by molar-refractivity contribution is 0.661. The van der Waals surface area contributed by atoms with Crippen molar-refractivity contribution in [2.45, 2.75) is 19.3 Å². The molecule has 0 saturated heterocycles. The third-order valence-corrected chi connectivity index (χ3v) is 7.79. The SMILES string of the molecule is CC1(C)c2ccccc2-c2c1cc(-c1ccc(Cl)cc1)c1c2sc2ccccc21. The Morgan fingerprint density at radius 3 is 2.31 bits per heavy atom. The summed E-state index contributed by atoms with van der Waals surface area (Å²) >= 11 is 8.11. The fourth-order valence-electron chi connectivity index (χ4n) is 4.91. The van der Waals surface area contributed by atoms with E-state index in [1.54, 1.807) is 0 Å². The van der Waals surface area contributed by atoms with Crippen molar-refractivity contribution < 1.29 is 0 Å². The Morgan fingerprint density at radius 1 is 0.759 bits per heavy atom. The van der Waals surface area contributed by atoms with E-state index in [4.69, 9.17) is 11.6 Å². The van der Waals surface area contributed by atoms with Gasteiger partial charge < -0.3 is 0 Å². The van der Waals surface area contributed by atoms with Crippen LogP contribution in [0.5, 0.6) is 0 Å². The molecule has 0 radical (unpaired) electrons. The fraction of sp³-hybridized carbons (Fsp3) is 0.111. The Balaban J connectivity index is 1.83. The van der Waals surface area contributed by atoms with E-state index in [0.29, 0.717) is 0 Å². The monoisotopic (exact) mass is 410 g/mol. The third kappa shape index (κ3) is 2.32. The summed E-state index contributed by atoms with van der Waals surface area (Å²) in [6, 6.07) is 28.4. The van der Waals surface area contributed by atoms with Crippen LogP contribution in [0.15, 0.2) is 78.9 Å². The van der Waals surface area contributed by atoms with E-state index in [2.05, 4.69) is 80.6 Å². The van der Waals surface area contributed by atoms with E-state index in [1.165, 1.54) is 53.6 Å². The van der Waals surface area contributed by atoms with E-state index in [-0.39, 0.29) is 5.41 Å². The van der Waals surface area contributed by atoms with Gasteiger partial charge in [0.05, 0.1) is 0 Å². The van der Waals surface area contributed by atoms with E-state index >= 15 is 0 Å². The van der Waals surface area contributed by atoms with Crippen molar-refractivity contribution in [2.75, 3.05) is 0 Å². The highest BCUT2D eigenvalue weighted by Crippen LogP contribution is 2.55. The molecule has 0 nitrogen and oxygen atoms in total.